The first kappa shape index (κ1) is 12.4. The molecule has 0 saturated heterocycles. The summed E-state index contributed by atoms with van der Waals surface area (Å²) >= 11 is 13.4. The second-order valence-electron chi connectivity index (χ2n) is 3.47. The highest BCUT2D eigenvalue weighted by Crippen LogP contribution is 2.25. The molecule has 0 aliphatic heterocycles. The molecule has 0 bridgehead atoms. The standard InChI is InChI=1S/C12H10Cl2N2S/c1-8-4-5-17-12(8)7-15-16-9-2-3-10(13)11(14)6-9/h2-7,16H,1H3. The fourth-order valence-electron chi connectivity index (χ4n) is 1.25. The van der Waals surface area contributed by atoms with Gasteiger partial charge in [0.25, 0.3) is 0 Å². The molecule has 2 aromatic rings. The molecule has 0 aliphatic carbocycles. The fraction of sp³-hybridized carbons (Fsp3) is 0.0833. The maximum Gasteiger partial charge on any atom is 0.0647 e. The molecule has 5 heteroatoms. The van der Waals surface area contributed by atoms with Crippen LogP contribution in [-0.4, -0.2) is 6.21 Å². The van der Waals surface area contributed by atoms with Crippen LogP contribution in [0.4, 0.5) is 5.69 Å². The zero-order chi connectivity index (χ0) is 12.3. The van der Waals surface area contributed by atoms with E-state index in [1.165, 1.54) is 5.56 Å². The third-order valence-electron chi connectivity index (χ3n) is 2.20. The summed E-state index contributed by atoms with van der Waals surface area (Å²) in [6.45, 7) is 2.05. The minimum absolute atomic E-state index is 0.513. The molecule has 2 rings (SSSR count). The molecular weight excluding hydrogens is 275 g/mol. The monoisotopic (exact) mass is 284 g/mol. The molecule has 0 fully saturated rings. The number of hydrazone groups is 1. The Morgan fingerprint density at radius 1 is 1.24 bits per heavy atom. The molecule has 1 aromatic carbocycles. The topological polar surface area (TPSA) is 24.4 Å². The van der Waals surface area contributed by atoms with Gasteiger partial charge in [-0.15, -0.1) is 11.3 Å². The molecule has 0 amide bonds. The maximum atomic E-state index is 5.90. The lowest BCUT2D eigenvalue weighted by molar-refractivity contribution is 1.35. The van der Waals surface area contributed by atoms with Gasteiger partial charge in [0.1, 0.15) is 0 Å². The van der Waals surface area contributed by atoms with Crippen LogP contribution in [-0.2, 0) is 0 Å². The largest absolute Gasteiger partial charge is 0.278 e. The van der Waals surface area contributed by atoms with Crippen LogP contribution >= 0.6 is 34.5 Å². The number of nitrogens with zero attached hydrogens (tertiary/aromatic N) is 1. The van der Waals surface area contributed by atoms with Gasteiger partial charge in [0.15, 0.2) is 0 Å². The number of aryl methyl sites for hydroxylation is 1. The Hall–Kier alpha value is -1.03. The molecule has 0 atom stereocenters. The first-order valence-corrected chi connectivity index (χ1v) is 6.58. The quantitative estimate of drug-likeness (QED) is 0.635. The minimum atomic E-state index is 0.513. The van der Waals surface area contributed by atoms with Crippen molar-refractivity contribution in [1.82, 2.24) is 0 Å². The Morgan fingerprint density at radius 2 is 2.06 bits per heavy atom. The molecule has 17 heavy (non-hydrogen) atoms. The van der Waals surface area contributed by atoms with Crippen molar-refractivity contribution in [3.63, 3.8) is 0 Å². The van der Waals surface area contributed by atoms with E-state index in [-0.39, 0.29) is 0 Å². The van der Waals surface area contributed by atoms with Crippen molar-refractivity contribution in [1.29, 1.82) is 0 Å². The third-order valence-corrected chi connectivity index (χ3v) is 3.89. The first-order chi connectivity index (χ1) is 8.16. The molecule has 0 spiro atoms. The van der Waals surface area contributed by atoms with Crippen molar-refractivity contribution in [2.24, 2.45) is 5.10 Å². The third kappa shape index (κ3) is 3.22. The van der Waals surface area contributed by atoms with Crippen LogP contribution in [0.2, 0.25) is 10.0 Å². The van der Waals surface area contributed by atoms with Crippen LogP contribution in [0, 0.1) is 6.92 Å². The molecule has 2 nitrogen and oxygen atoms in total. The molecule has 0 saturated carbocycles. The van der Waals surface area contributed by atoms with Gasteiger partial charge in [-0.3, -0.25) is 5.43 Å². The Kier molecular flexibility index (Phi) is 4.05. The van der Waals surface area contributed by atoms with E-state index >= 15 is 0 Å². The van der Waals surface area contributed by atoms with E-state index < -0.39 is 0 Å². The van der Waals surface area contributed by atoms with Gasteiger partial charge < -0.3 is 0 Å². The lowest BCUT2D eigenvalue weighted by atomic mass is 10.3. The molecule has 88 valence electrons. The summed E-state index contributed by atoms with van der Waals surface area (Å²) in [6.07, 6.45) is 1.79. The Morgan fingerprint density at radius 3 is 2.71 bits per heavy atom. The average molecular weight is 285 g/mol. The predicted molar refractivity (Wildman–Crippen MR) is 76.7 cm³/mol. The van der Waals surface area contributed by atoms with Crippen LogP contribution in [0.15, 0.2) is 34.7 Å². The fourth-order valence-corrected chi connectivity index (χ4v) is 2.33. The summed E-state index contributed by atoms with van der Waals surface area (Å²) in [7, 11) is 0. The van der Waals surface area contributed by atoms with E-state index in [4.69, 9.17) is 23.2 Å². The number of benzene rings is 1. The molecule has 0 aliphatic rings. The molecule has 1 aromatic heterocycles. The summed E-state index contributed by atoms with van der Waals surface area (Å²) in [5, 5.41) is 7.24. The number of rotatable bonds is 3. The molecule has 1 heterocycles. The highest BCUT2D eigenvalue weighted by molar-refractivity contribution is 7.11. The van der Waals surface area contributed by atoms with Crippen LogP contribution in [0.1, 0.15) is 10.4 Å². The van der Waals surface area contributed by atoms with Gasteiger partial charge in [0, 0.05) is 4.88 Å². The van der Waals surface area contributed by atoms with Gasteiger partial charge in [-0.1, -0.05) is 23.2 Å². The SMILES string of the molecule is Cc1ccsc1C=NNc1ccc(Cl)c(Cl)c1. The smallest absolute Gasteiger partial charge is 0.0647 e. The zero-order valence-electron chi connectivity index (χ0n) is 9.08. The van der Waals surface area contributed by atoms with E-state index in [1.807, 2.05) is 11.4 Å². The van der Waals surface area contributed by atoms with Gasteiger partial charge >= 0.3 is 0 Å². The normalized spacial score (nSPS) is 11.0. The number of anilines is 1. The second kappa shape index (κ2) is 5.54. The van der Waals surface area contributed by atoms with Crippen LogP contribution in [0.3, 0.4) is 0 Å². The highest BCUT2D eigenvalue weighted by atomic mass is 35.5. The van der Waals surface area contributed by atoms with Crippen LogP contribution < -0.4 is 5.43 Å². The summed E-state index contributed by atoms with van der Waals surface area (Å²) in [4.78, 5) is 1.14. The Bertz CT molecular complexity index is 549. The zero-order valence-corrected chi connectivity index (χ0v) is 11.4. The molecular formula is C12H10Cl2N2S. The van der Waals surface area contributed by atoms with Crippen molar-refractivity contribution < 1.29 is 0 Å². The average Bonchev–Trinajstić information content (AvgIpc) is 2.70. The second-order valence-corrected chi connectivity index (χ2v) is 5.23. The van der Waals surface area contributed by atoms with Crippen LogP contribution in [0.25, 0.3) is 0 Å². The number of hydrogen-bond acceptors (Lipinski definition) is 3. The van der Waals surface area contributed by atoms with E-state index in [2.05, 4.69) is 23.5 Å². The number of thiophene rings is 1. The van der Waals surface area contributed by atoms with E-state index in [0.29, 0.717) is 10.0 Å². The Balaban J connectivity index is 2.05. The molecule has 1 N–H and O–H groups in total. The minimum Gasteiger partial charge on any atom is -0.278 e. The van der Waals surface area contributed by atoms with E-state index in [1.54, 1.807) is 29.7 Å². The van der Waals surface area contributed by atoms with Crippen molar-refractivity contribution in [2.75, 3.05) is 5.43 Å². The maximum absolute atomic E-state index is 5.90. The lowest BCUT2D eigenvalue weighted by Crippen LogP contribution is -1.90. The number of halogens is 2. The molecule has 0 radical (unpaired) electrons. The van der Waals surface area contributed by atoms with Crippen molar-refractivity contribution in [3.8, 4) is 0 Å². The number of nitrogens with one attached hydrogen (secondary N) is 1. The van der Waals surface area contributed by atoms with Gasteiger partial charge in [-0.05, 0) is 42.1 Å². The summed E-state index contributed by atoms with van der Waals surface area (Å²) in [6, 6.07) is 7.36. The van der Waals surface area contributed by atoms with Gasteiger partial charge in [-0.25, -0.2) is 0 Å². The molecule has 0 unspecified atom stereocenters. The predicted octanol–water partition coefficient (Wildman–Crippen LogP) is 4.81. The Labute approximate surface area is 114 Å². The van der Waals surface area contributed by atoms with Crippen molar-refractivity contribution >= 4 is 46.4 Å². The van der Waals surface area contributed by atoms with Crippen LogP contribution in [0.5, 0.6) is 0 Å². The van der Waals surface area contributed by atoms with E-state index in [0.717, 1.165) is 10.6 Å². The summed E-state index contributed by atoms with van der Waals surface area (Å²) < 4.78 is 0. The lowest BCUT2D eigenvalue weighted by Gasteiger charge is -2.01. The summed E-state index contributed by atoms with van der Waals surface area (Å²) in [5.41, 5.74) is 4.94. The van der Waals surface area contributed by atoms with E-state index in [9.17, 15) is 0 Å². The van der Waals surface area contributed by atoms with Gasteiger partial charge in [-0.2, -0.15) is 5.10 Å². The summed E-state index contributed by atoms with van der Waals surface area (Å²) in [5.74, 6) is 0. The highest BCUT2D eigenvalue weighted by Gasteiger charge is 1.98. The van der Waals surface area contributed by atoms with Crippen molar-refractivity contribution in [3.05, 3.63) is 50.1 Å². The van der Waals surface area contributed by atoms with Crippen molar-refractivity contribution in [2.45, 2.75) is 6.92 Å². The van der Waals surface area contributed by atoms with Gasteiger partial charge in [0.05, 0.1) is 21.9 Å². The number of hydrogen-bond donors (Lipinski definition) is 1. The first-order valence-electron chi connectivity index (χ1n) is 4.95. The van der Waals surface area contributed by atoms with Gasteiger partial charge in [0.2, 0.25) is 0 Å².